The van der Waals surface area contributed by atoms with E-state index in [-0.39, 0.29) is 17.1 Å². The van der Waals surface area contributed by atoms with Crippen molar-refractivity contribution in [1.29, 1.82) is 5.26 Å². The van der Waals surface area contributed by atoms with Crippen LogP contribution in [0.15, 0.2) is 12.3 Å². The molecule has 2 aromatic heterocycles. The fourth-order valence-corrected chi connectivity index (χ4v) is 1.60. The van der Waals surface area contributed by atoms with Gasteiger partial charge in [0.1, 0.15) is 12.6 Å². The van der Waals surface area contributed by atoms with E-state index in [1.165, 1.54) is 13.1 Å². The molecule has 0 fully saturated rings. The number of nitrogens with zero attached hydrogens (tertiary/aromatic N) is 4. The van der Waals surface area contributed by atoms with Crippen molar-refractivity contribution in [3.05, 3.63) is 29.3 Å². The molecule has 1 amide bonds. The molecule has 0 saturated carbocycles. The lowest BCUT2D eigenvalue weighted by molar-refractivity contribution is -0.141. The molecule has 0 aliphatic rings. The molecule has 0 aliphatic heterocycles. The second-order valence-electron chi connectivity index (χ2n) is 4.15. The maximum atomic E-state index is 12.5. The predicted octanol–water partition coefficient (Wildman–Crippen LogP) is 1.44. The van der Waals surface area contributed by atoms with Crippen molar-refractivity contribution in [2.24, 2.45) is 0 Å². The first-order valence-electron chi connectivity index (χ1n) is 5.66. The summed E-state index contributed by atoms with van der Waals surface area (Å²) >= 11 is 0. The van der Waals surface area contributed by atoms with E-state index in [0.29, 0.717) is 0 Å². The summed E-state index contributed by atoms with van der Waals surface area (Å²) in [6, 6.07) is 2.63. The van der Waals surface area contributed by atoms with E-state index < -0.39 is 24.3 Å². The number of nitriles is 1. The van der Waals surface area contributed by atoms with E-state index in [1.54, 1.807) is 6.07 Å². The third-order valence-electron chi connectivity index (χ3n) is 2.59. The molecule has 0 unspecified atom stereocenters. The first-order valence-corrected chi connectivity index (χ1v) is 5.66. The Morgan fingerprint density at radius 2 is 2.29 bits per heavy atom. The molecule has 10 heteroatoms. The highest BCUT2D eigenvalue weighted by Gasteiger charge is 2.34. The molecule has 0 saturated heterocycles. The summed E-state index contributed by atoms with van der Waals surface area (Å²) < 4.78 is 38.4. The van der Waals surface area contributed by atoms with Crippen LogP contribution in [-0.2, 0) is 17.5 Å². The largest absolute Gasteiger partial charge is 0.435 e. The third kappa shape index (κ3) is 3.19. The molecule has 0 aromatic carbocycles. The number of nitrogens with one attached hydrogen (secondary N) is 2. The van der Waals surface area contributed by atoms with Crippen LogP contribution in [0.2, 0.25) is 0 Å². The highest BCUT2D eigenvalue weighted by atomic mass is 19.4. The Morgan fingerprint density at radius 3 is 2.86 bits per heavy atom. The lowest BCUT2D eigenvalue weighted by Crippen LogP contribution is -2.21. The van der Waals surface area contributed by atoms with E-state index in [2.05, 4.69) is 20.6 Å². The molecule has 0 bridgehead atoms. The monoisotopic (exact) mass is 298 g/mol. The molecule has 0 aliphatic carbocycles. The zero-order valence-corrected chi connectivity index (χ0v) is 10.7. The molecular weight excluding hydrogens is 289 g/mol. The number of hydrogen-bond donors (Lipinski definition) is 2. The Labute approximate surface area is 116 Å². The standard InChI is InChI=1S/C11H9F3N6O/c1-6-2-9(11(12,13)14)19-20(6)5-10(21)17-8-4-16-18-7(8)3-15/h2,4H,5H2,1H3,(H,16,18)(H,17,21). The van der Waals surface area contributed by atoms with Gasteiger partial charge in [-0.3, -0.25) is 14.6 Å². The Hall–Kier alpha value is -2.83. The Kier molecular flexibility index (Phi) is 3.66. The van der Waals surface area contributed by atoms with Crippen LogP contribution in [0.4, 0.5) is 18.9 Å². The summed E-state index contributed by atoms with van der Waals surface area (Å²) in [6.45, 7) is 1.01. The highest BCUT2D eigenvalue weighted by Crippen LogP contribution is 2.28. The summed E-state index contributed by atoms with van der Waals surface area (Å²) in [5.41, 5.74) is -0.654. The number of amides is 1. The minimum atomic E-state index is -4.56. The number of aryl methyl sites for hydroxylation is 1. The summed E-state index contributed by atoms with van der Waals surface area (Å²) in [7, 11) is 0. The van der Waals surface area contributed by atoms with E-state index in [9.17, 15) is 18.0 Å². The first-order chi connectivity index (χ1) is 9.81. The number of halogens is 3. The zero-order valence-electron chi connectivity index (χ0n) is 10.7. The maximum Gasteiger partial charge on any atom is 0.435 e. The fourth-order valence-electron chi connectivity index (χ4n) is 1.60. The molecule has 7 nitrogen and oxygen atoms in total. The number of aromatic amines is 1. The van der Waals surface area contributed by atoms with E-state index in [0.717, 1.165) is 10.7 Å². The Balaban J connectivity index is 2.10. The van der Waals surface area contributed by atoms with Crippen molar-refractivity contribution >= 4 is 11.6 Å². The number of H-pyrrole nitrogens is 1. The number of rotatable bonds is 3. The normalized spacial score (nSPS) is 11.2. The van der Waals surface area contributed by atoms with Gasteiger partial charge in [-0.15, -0.1) is 0 Å². The molecule has 2 heterocycles. The van der Waals surface area contributed by atoms with Gasteiger partial charge in [0.05, 0.1) is 11.9 Å². The van der Waals surface area contributed by atoms with Gasteiger partial charge in [-0.1, -0.05) is 0 Å². The van der Waals surface area contributed by atoms with Crippen LogP contribution in [-0.4, -0.2) is 25.9 Å². The van der Waals surface area contributed by atoms with Gasteiger partial charge in [-0.05, 0) is 13.0 Å². The number of anilines is 1. The first kappa shape index (κ1) is 14.6. The van der Waals surface area contributed by atoms with E-state index in [4.69, 9.17) is 5.26 Å². The van der Waals surface area contributed by atoms with Crippen molar-refractivity contribution in [3.8, 4) is 6.07 Å². The van der Waals surface area contributed by atoms with Crippen molar-refractivity contribution in [2.75, 3.05) is 5.32 Å². The predicted molar refractivity (Wildman–Crippen MR) is 63.9 cm³/mol. The minimum absolute atomic E-state index is 0.0523. The van der Waals surface area contributed by atoms with Crippen LogP contribution < -0.4 is 5.32 Å². The van der Waals surface area contributed by atoms with Crippen LogP contribution >= 0.6 is 0 Å². The maximum absolute atomic E-state index is 12.5. The average molecular weight is 298 g/mol. The summed E-state index contributed by atoms with van der Waals surface area (Å²) in [4.78, 5) is 11.8. The SMILES string of the molecule is Cc1cc(C(F)(F)F)nn1CC(=O)Nc1cn[nH]c1C#N. The summed E-state index contributed by atoms with van der Waals surface area (Å²) in [5.74, 6) is -0.618. The zero-order chi connectivity index (χ0) is 15.6. The minimum Gasteiger partial charge on any atom is -0.321 e. The van der Waals surface area contributed by atoms with Crippen LogP contribution in [0.1, 0.15) is 17.1 Å². The Morgan fingerprint density at radius 1 is 1.57 bits per heavy atom. The summed E-state index contributed by atoms with van der Waals surface area (Å²) in [6.07, 6.45) is -3.33. The molecule has 2 rings (SSSR count). The molecule has 110 valence electrons. The van der Waals surface area contributed by atoms with Gasteiger partial charge < -0.3 is 5.32 Å². The lowest BCUT2D eigenvalue weighted by atomic mass is 10.3. The van der Waals surface area contributed by atoms with Crippen molar-refractivity contribution in [2.45, 2.75) is 19.6 Å². The van der Waals surface area contributed by atoms with Gasteiger partial charge in [0.2, 0.25) is 5.91 Å². The molecule has 0 spiro atoms. The second-order valence-corrected chi connectivity index (χ2v) is 4.15. The van der Waals surface area contributed by atoms with Crippen molar-refractivity contribution in [1.82, 2.24) is 20.0 Å². The molecule has 0 radical (unpaired) electrons. The van der Waals surface area contributed by atoms with Gasteiger partial charge in [0.25, 0.3) is 0 Å². The lowest BCUT2D eigenvalue weighted by Gasteiger charge is -2.05. The number of aromatic nitrogens is 4. The second kappa shape index (κ2) is 5.28. The van der Waals surface area contributed by atoms with Crippen LogP contribution in [0.5, 0.6) is 0 Å². The molecule has 0 atom stereocenters. The van der Waals surface area contributed by atoms with Gasteiger partial charge >= 0.3 is 6.18 Å². The molecular formula is C11H9F3N6O. The number of carbonyl (C=O) groups is 1. The number of carbonyl (C=O) groups excluding carboxylic acids is 1. The third-order valence-corrected chi connectivity index (χ3v) is 2.59. The van der Waals surface area contributed by atoms with Gasteiger partial charge in [0.15, 0.2) is 11.4 Å². The van der Waals surface area contributed by atoms with Crippen molar-refractivity contribution < 1.29 is 18.0 Å². The highest BCUT2D eigenvalue weighted by molar-refractivity contribution is 5.91. The topological polar surface area (TPSA) is 99.4 Å². The quantitative estimate of drug-likeness (QED) is 0.895. The fraction of sp³-hybridized carbons (Fsp3) is 0.273. The number of alkyl halides is 3. The van der Waals surface area contributed by atoms with Gasteiger partial charge in [0, 0.05) is 5.69 Å². The van der Waals surface area contributed by atoms with Gasteiger partial charge in [-0.2, -0.15) is 28.6 Å². The smallest absolute Gasteiger partial charge is 0.321 e. The molecule has 21 heavy (non-hydrogen) atoms. The van der Waals surface area contributed by atoms with Crippen LogP contribution in [0, 0.1) is 18.3 Å². The molecule has 2 aromatic rings. The van der Waals surface area contributed by atoms with E-state index >= 15 is 0 Å². The van der Waals surface area contributed by atoms with Gasteiger partial charge in [-0.25, -0.2) is 0 Å². The van der Waals surface area contributed by atoms with E-state index in [1.807, 2.05) is 0 Å². The summed E-state index contributed by atoms with van der Waals surface area (Å²) in [5, 5.41) is 20.4. The van der Waals surface area contributed by atoms with Crippen LogP contribution in [0.3, 0.4) is 0 Å². The average Bonchev–Trinajstić information content (AvgIpc) is 2.96. The Bertz CT molecular complexity index is 708. The van der Waals surface area contributed by atoms with Crippen LogP contribution in [0.25, 0.3) is 0 Å². The molecule has 2 N–H and O–H groups in total. The van der Waals surface area contributed by atoms with Crippen molar-refractivity contribution in [3.63, 3.8) is 0 Å². The number of hydrogen-bond acceptors (Lipinski definition) is 4.